The Morgan fingerprint density at radius 3 is 2.20 bits per heavy atom. The van der Waals surface area contributed by atoms with Gasteiger partial charge in [0.15, 0.2) is 0 Å². The molecule has 4 nitrogen and oxygen atoms in total. The Bertz CT molecular complexity index is 812. The lowest BCUT2D eigenvalue weighted by Gasteiger charge is -2.25. The third-order valence-electron chi connectivity index (χ3n) is 3.48. The predicted octanol–water partition coefficient (Wildman–Crippen LogP) is 3.47. The number of anilines is 1. The van der Waals surface area contributed by atoms with E-state index in [0.29, 0.717) is 13.0 Å². The first-order chi connectivity index (χ1) is 11.5. The lowest BCUT2D eigenvalue weighted by atomic mass is 10.0. The first-order valence-corrected chi connectivity index (χ1v) is 7.78. The third-order valence-corrected chi connectivity index (χ3v) is 3.48. The van der Waals surface area contributed by atoms with Crippen molar-refractivity contribution in [3.05, 3.63) is 65.2 Å². The van der Waals surface area contributed by atoms with E-state index in [0.717, 1.165) is 22.4 Å². The van der Waals surface area contributed by atoms with Gasteiger partial charge in [-0.3, -0.25) is 9.59 Å². The van der Waals surface area contributed by atoms with Crippen LogP contribution in [0.5, 0.6) is 0 Å². The van der Waals surface area contributed by atoms with E-state index in [4.69, 9.17) is 0 Å². The number of nitrogens with zero attached hydrogens (tertiary/aromatic N) is 1. The number of benzene rings is 2. The fourth-order valence-electron chi connectivity index (χ4n) is 2.40. The molecule has 0 aliphatic carbocycles. The van der Waals surface area contributed by atoms with E-state index < -0.39 is 0 Å². The number of nitrogens with two attached hydrogens (primary N) is 1. The zero-order valence-electron chi connectivity index (χ0n) is 13.9. The Hall–Kier alpha value is -3.06. The summed E-state index contributed by atoms with van der Waals surface area (Å²) in [5, 5.41) is 0. The highest BCUT2D eigenvalue weighted by Gasteiger charge is 2.19. The topological polar surface area (TPSA) is 63.4 Å². The van der Waals surface area contributed by atoms with E-state index in [2.05, 4.69) is 17.6 Å². The molecule has 25 heavy (non-hydrogen) atoms. The molecule has 2 N–H and O–H groups in total. The number of hydrogen-bond donors (Lipinski definition) is 1. The molecule has 4 heteroatoms. The Morgan fingerprint density at radius 2 is 1.56 bits per heavy atom. The fraction of sp³-hybridized carbons (Fsp3) is 0.238. The van der Waals surface area contributed by atoms with Gasteiger partial charge in [0.2, 0.25) is 11.8 Å². The van der Waals surface area contributed by atoms with E-state index in [9.17, 15) is 9.59 Å². The van der Waals surface area contributed by atoms with Gasteiger partial charge in [0.25, 0.3) is 0 Å². The van der Waals surface area contributed by atoms with Crippen molar-refractivity contribution >= 4 is 17.5 Å². The standard InChI is InChI=1S/C18H15NO.C2H5NO.CH4/c1-2-18(20)19-13-16-9-4-3-7-14(16)11-12-15-8-5-6-10-17(15)19;1-2(3)4;/h3-10H,2,13H2,1H3;1H3,(H2,3,4);1H4. The van der Waals surface area contributed by atoms with Gasteiger partial charge >= 0.3 is 0 Å². The Balaban J connectivity index is 0.000000568. The molecule has 0 saturated carbocycles. The second kappa shape index (κ2) is 9.29. The first-order valence-electron chi connectivity index (χ1n) is 7.78. The van der Waals surface area contributed by atoms with Crippen LogP contribution in [0.25, 0.3) is 0 Å². The van der Waals surface area contributed by atoms with E-state index in [-0.39, 0.29) is 19.2 Å². The Morgan fingerprint density at radius 1 is 1.04 bits per heavy atom. The van der Waals surface area contributed by atoms with Crippen LogP contribution in [-0.4, -0.2) is 11.8 Å². The second-order valence-electron chi connectivity index (χ2n) is 5.37. The van der Waals surface area contributed by atoms with Gasteiger partial charge in [0, 0.05) is 24.5 Å². The predicted molar refractivity (Wildman–Crippen MR) is 102 cm³/mol. The zero-order valence-corrected chi connectivity index (χ0v) is 13.9. The van der Waals surface area contributed by atoms with Crippen LogP contribution in [0.15, 0.2) is 48.5 Å². The maximum absolute atomic E-state index is 12.3. The average molecular weight is 336 g/mol. The van der Waals surface area contributed by atoms with E-state index >= 15 is 0 Å². The maximum atomic E-state index is 12.3. The average Bonchev–Trinajstić information content (AvgIpc) is 2.56. The molecular formula is C21H24N2O2. The molecule has 0 unspecified atom stereocenters. The third kappa shape index (κ3) is 5.22. The smallest absolute Gasteiger partial charge is 0.227 e. The number of carbonyl (C=O) groups excluding carboxylic acids is 2. The van der Waals surface area contributed by atoms with Crippen LogP contribution in [0.1, 0.15) is 44.4 Å². The van der Waals surface area contributed by atoms with Crippen LogP contribution in [0, 0.1) is 11.8 Å². The summed E-state index contributed by atoms with van der Waals surface area (Å²) in [5.74, 6) is 6.19. The number of hydrogen-bond acceptors (Lipinski definition) is 2. The van der Waals surface area contributed by atoms with Crippen LogP contribution in [-0.2, 0) is 16.1 Å². The normalized spacial score (nSPS) is 10.9. The van der Waals surface area contributed by atoms with Gasteiger partial charge in [-0.25, -0.2) is 0 Å². The van der Waals surface area contributed by atoms with Gasteiger partial charge in [0.1, 0.15) is 0 Å². The molecular weight excluding hydrogens is 312 g/mol. The number of fused-ring (bicyclic) bond motifs is 2. The Labute approximate surface area is 149 Å². The van der Waals surface area contributed by atoms with E-state index in [1.54, 1.807) is 0 Å². The summed E-state index contributed by atoms with van der Waals surface area (Å²) in [4.78, 5) is 23.3. The summed E-state index contributed by atoms with van der Waals surface area (Å²) in [6.07, 6.45) is 0.490. The molecule has 0 aromatic heterocycles. The number of primary amides is 1. The minimum Gasteiger partial charge on any atom is -0.370 e. The molecule has 2 aromatic rings. The summed E-state index contributed by atoms with van der Waals surface area (Å²) >= 11 is 0. The summed E-state index contributed by atoms with van der Waals surface area (Å²) in [6, 6.07) is 15.8. The summed E-state index contributed by atoms with van der Waals surface area (Å²) in [6.45, 7) is 3.77. The second-order valence-corrected chi connectivity index (χ2v) is 5.37. The lowest BCUT2D eigenvalue weighted by molar-refractivity contribution is -0.118. The SMILES string of the molecule is C.CC(N)=O.CCC(=O)N1Cc2ccccc2C#Cc2ccccc21. The fourth-order valence-corrected chi connectivity index (χ4v) is 2.40. The highest BCUT2D eigenvalue weighted by Crippen LogP contribution is 2.25. The summed E-state index contributed by atoms with van der Waals surface area (Å²) in [5.41, 5.74) is 8.37. The number of rotatable bonds is 1. The summed E-state index contributed by atoms with van der Waals surface area (Å²) in [7, 11) is 0. The number of carbonyl (C=O) groups is 2. The van der Waals surface area contributed by atoms with Gasteiger partial charge in [-0.05, 0) is 23.8 Å². The van der Waals surface area contributed by atoms with Crippen LogP contribution in [0.4, 0.5) is 5.69 Å². The van der Waals surface area contributed by atoms with Crippen molar-refractivity contribution in [1.29, 1.82) is 0 Å². The van der Waals surface area contributed by atoms with E-state index in [1.807, 2.05) is 60.4 Å². The van der Waals surface area contributed by atoms with Crippen LogP contribution in [0.3, 0.4) is 0 Å². The van der Waals surface area contributed by atoms with Gasteiger partial charge in [-0.15, -0.1) is 0 Å². The van der Waals surface area contributed by atoms with Crippen molar-refractivity contribution in [2.75, 3.05) is 4.90 Å². The monoisotopic (exact) mass is 336 g/mol. The van der Waals surface area contributed by atoms with Gasteiger partial charge in [0.05, 0.1) is 12.2 Å². The van der Waals surface area contributed by atoms with Crippen molar-refractivity contribution in [2.45, 2.75) is 34.2 Å². The molecule has 0 radical (unpaired) electrons. The molecule has 0 bridgehead atoms. The van der Waals surface area contributed by atoms with Crippen molar-refractivity contribution in [2.24, 2.45) is 5.73 Å². The minimum atomic E-state index is -0.333. The molecule has 1 heterocycles. The quantitative estimate of drug-likeness (QED) is 0.811. The van der Waals surface area contributed by atoms with Crippen molar-refractivity contribution in [1.82, 2.24) is 0 Å². The molecule has 2 amide bonds. The van der Waals surface area contributed by atoms with Crippen LogP contribution < -0.4 is 10.6 Å². The molecule has 3 rings (SSSR count). The zero-order chi connectivity index (χ0) is 17.5. The molecule has 0 fully saturated rings. The van der Waals surface area contributed by atoms with Crippen LogP contribution in [0.2, 0.25) is 0 Å². The van der Waals surface area contributed by atoms with Crippen molar-refractivity contribution < 1.29 is 9.59 Å². The maximum Gasteiger partial charge on any atom is 0.227 e. The van der Waals surface area contributed by atoms with Gasteiger partial charge < -0.3 is 10.6 Å². The summed E-state index contributed by atoms with van der Waals surface area (Å²) < 4.78 is 0. The van der Waals surface area contributed by atoms with Gasteiger partial charge in [-0.2, -0.15) is 0 Å². The highest BCUT2D eigenvalue weighted by atomic mass is 16.2. The molecule has 0 atom stereocenters. The highest BCUT2D eigenvalue weighted by molar-refractivity contribution is 5.94. The minimum absolute atomic E-state index is 0. The molecule has 130 valence electrons. The first kappa shape index (κ1) is 20.0. The van der Waals surface area contributed by atoms with E-state index in [1.165, 1.54) is 6.92 Å². The van der Waals surface area contributed by atoms with Crippen molar-refractivity contribution in [3.63, 3.8) is 0 Å². The molecule has 0 spiro atoms. The van der Waals surface area contributed by atoms with Crippen molar-refractivity contribution in [3.8, 4) is 11.8 Å². The largest absolute Gasteiger partial charge is 0.370 e. The molecule has 1 aliphatic heterocycles. The number of amides is 2. The van der Waals surface area contributed by atoms with Gasteiger partial charge in [-0.1, -0.05) is 56.5 Å². The molecule has 2 aromatic carbocycles. The molecule has 1 aliphatic rings. The van der Waals surface area contributed by atoms with Crippen LogP contribution >= 0.6 is 0 Å². The lowest BCUT2D eigenvalue weighted by Crippen LogP contribution is -2.31. The number of para-hydroxylation sites is 1. The Kier molecular flexibility index (Phi) is 7.43. The molecule has 0 saturated heterocycles.